The Labute approximate surface area is 76.4 Å². The Kier molecular flexibility index (Phi) is 1.96. The minimum Gasteiger partial charge on any atom is -0.505 e. The van der Waals surface area contributed by atoms with Crippen LogP contribution < -0.4 is 5.32 Å². The van der Waals surface area contributed by atoms with Crippen LogP contribution >= 0.6 is 0 Å². The van der Waals surface area contributed by atoms with E-state index in [-0.39, 0.29) is 11.8 Å². The van der Waals surface area contributed by atoms with Crippen LogP contribution in [0, 0.1) is 12.7 Å². The Morgan fingerprint density at radius 1 is 1.54 bits per heavy atom. The predicted octanol–water partition coefficient (Wildman–Crippen LogP) is 1.87. The third-order valence-corrected chi connectivity index (χ3v) is 2.56. The lowest BCUT2D eigenvalue weighted by atomic mass is 9.93. The standard InChI is InChI=1S/C10H12FNO/c1-6-2-3-7(11)10(13)9(6)8-4-5-12-8/h2-3,8,12-13H,4-5H2,1H3/t8-/m1/s1. The Morgan fingerprint density at radius 3 is 2.77 bits per heavy atom. The molecule has 0 saturated carbocycles. The summed E-state index contributed by atoms with van der Waals surface area (Å²) < 4.78 is 13.0. The van der Waals surface area contributed by atoms with E-state index < -0.39 is 5.82 Å². The van der Waals surface area contributed by atoms with Gasteiger partial charge in [0.2, 0.25) is 0 Å². The first-order chi connectivity index (χ1) is 6.20. The van der Waals surface area contributed by atoms with Crippen LogP contribution in [0.3, 0.4) is 0 Å². The van der Waals surface area contributed by atoms with Crippen molar-refractivity contribution in [3.05, 3.63) is 29.1 Å². The predicted molar refractivity (Wildman–Crippen MR) is 48.2 cm³/mol. The number of aryl methyl sites for hydroxylation is 1. The second kappa shape index (κ2) is 3.00. The van der Waals surface area contributed by atoms with E-state index in [1.807, 2.05) is 6.92 Å². The maximum Gasteiger partial charge on any atom is 0.165 e. The highest BCUT2D eigenvalue weighted by atomic mass is 19.1. The molecule has 2 nitrogen and oxygen atoms in total. The van der Waals surface area contributed by atoms with Crippen molar-refractivity contribution in [1.82, 2.24) is 5.32 Å². The van der Waals surface area contributed by atoms with Crippen LogP contribution in [-0.4, -0.2) is 11.7 Å². The molecule has 13 heavy (non-hydrogen) atoms. The van der Waals surface area contributed by atoms with Crippen LogP contribution in [0.1, 0.15) is 23.6 Å². The molecule has 1 aromatic rings. The molecule has 0 amide bonds. The van der Waals surface area contributed by atoms with E-state index in [9.17, 15) is 9.50 Å². The van der Waals surface area contributed by atoms with Gasteiger partial charge in [-0.05, 0) is 31.5 Å². The Morgan fingerprint density at radius 2 is 2.23 bits per heavy atom. The highest BCUT2D eigenvalue weighted by molar-refractivity contribution is 5.42. The molecule has 2 rings (SSSR count). The molecule has 1 atom stereocenters. The Bertz CT molecular complexity index is 334. The fourth-order valence-electron chi connectivity index (χ4n) is 1.66. The molecule has 1 fully saturated rings. The third-order valence-electron chi connectivity index (χ3n) is 2.56. The number of halogens is 1. The molecule has 0 aliphatic carbocycles. The maximum absolute atomic E-state index is 13.0. The van der Waals surface area contributed by atoms with Crippen molar-refractivity contribution in [1.29, 1.82) is 0 Å². The summed E-state index contributed by atoms with van der Waals surface area (Å²) in [5, 5.41) is 12.6. The summed E-state index contributed by atoms with van der Waals surface area (Å²) in [6.07, 6.45) is 0.970. The molecule has 0 unspecified atom stereocenters. The van der Waals surface area contributed by atoms with E-state index in [1.54, 1.807) is 6.07 Å². The minimum absolute atomic E-state index is 0.135. The van der Waals surface area contributed by atoms with Gasteiger partial charge in [0.1, 0.15) is 0 Å². The van der Waals surface area contributed by atoms with Crippen molar-refractivity contribution in [2.75, 3.05) is 6.54 Å². The van der Waals surface area contributed by atoms with Gasteiger partial charge in [0.05, 0.1) is 0 Å². The Hall–Kier alpha value is -1.09. The number of phenols is 1. The normalized spacial score (nSPS) is 21.2. The van der Waals surface area contributed by atoms with Crippen molar-refractivity contribution in [2.24, 2.45) is 0 Å². The van der Waals surface area contributed by atoms with Crippen LogP contribution in [0.25, 0.3) is 0 Å². The first-order valence-electron chi connectivity index (χ1n) is 4.41. The van der Waals surface area contributed by atoms with Gasteiger partial charge in [0.25, 0.3) is 0 Å². The maximum atomic E-state index is 13.0. The zero-order chi connectivity index (χ0) is 9.42. The topological polar surface area (TPSA) is 32.3 Å². The molecule has 2 N–H and O–H groups in total. The van der Waals surface area contributed by atoms with Gasteiger partial charge in [-0.3, -0.25) is 0 Å². The number of hydrogen-bond donors (Lipinski definition) is 2. The lowest BCUT2D eigenvalue weighted by molar-refractivity contribution is 0.353. The highest BCUT2D eigenvalue weighted by Gasteiger charge is 2.24. The van der Waals surface area contributed by atoms with E-state index in [2.05, 4.69) is 5.32 Å². The fourth-order valence-corrected chi connectivity index (χ4v) is 1.66. The van der Waals surface area contributed by atoms with Gasteiger partial charge in [0.15, 0.2) is 11.6 Å². The van der Waals surface area contributed by atoms with Crippen molar-refractivity contribution in [2.45, 2.75) is 19.4 Å². The van der Waals surface area contributed by atoms with Crippen molar-refractivity contribution < 1.29 is 9.50 Å². The lowest BCUT2D eigenvalue weighted by Crippen LogP contribution is -2.35. The monoisotopic (exact) mass is 181 g/mol. The van der Waals surface area contributed by atoms with Crippen LogP contribution in [0.2, 0.25) is 0 Å². The smallest absolute Gasteiger partial charge is 0.165 e. The molecule has 0 bridgehead atoms. The van der Waals surface area contributed by atoms with E-state index in [0.29, 0.717) is 5.56 Å². The molecule has 70 valence electrons. The number of nitrogens with one attached hydrogen (secondary N) is 1. The van der Waals surface area contributed by atoms with Crippen LogP contribution in [0.15, 0.2) is 12.1 Å². The molecule has 1 aliphatic heterocycles. The van der Waals surface area contributed by atoms with Crippen molar-refractivity contribution >= 4 is 0 Å². The molecule has 1 aliphatic rings. The molecular weight excluding hydrogens is 169 g/mol. The van der Waals surface area contributed by atoms with Gasteiger partial charge in [-0.1, -0.05) is 6.07 Å². The first kappa shape index (κ1) is 8.51. The average molecular weight is 181 g/mol. The molecule has 3 heteroatoms. The molecule has 1 saturated heterocycles. The molecule has 0 spiro atoms. The fraction of sp³-hybridized carbons (Fsp3) is 0.400. The molecule has 1 heterocycles. The zero-order valence-electron chi connectivity index (χ0n) is 7.47. The number of rotatable bonds is 1. The summed E-state index contributed by atoms with van der Waals surface area (Å²) in [7, 11) is 0. The SMILES string of the molecule is Cc1ccc(F)c(O)c1[C@H]1CCN1. The van der Waals surface area contributed by atoms with E-state index >= 15 is 0 Å². The second-order valence-electron chi connectivity index (χ2n) is 3.42. The van der Waals surface area contributed by atoms with Gasteiger partial charge in [-0.25, -0.2) is 4.39 Å². The number of phenolic OH excluding ortho intramolecular Hbond substituents is 1. The number of hydrogen-bond acceptors (Lipinski definition) is 2. The summed E-state index contributed by atoms with van der Waals surface area (Å²) in [6, 6.07) is 3.13. The van der Waals surface area contributed by atoms with Crippen LogP contribution in [0.5, 0.6) is 5.75 Å². The molecule has 0 aromatic heterocycles. The summed E-state index contributed by atoms with van der Waals surface area (Å²) in [4.78, 5) is 0. The lowest BCUT2D eigenvalue weighted by Gasteiger charge is -2.29. The first-order valence-corrected chi connectivity index (χ1v) is 4.41. The van der Waals surface area contributed by atoms with E-state index in [4.69, 9.17) is 0 Å². The zero-order valence-corrected chi connectivity index (χ0v) is 7.47. The van der Waals surface area contributed by atoms with Crippen molar-refractivity contribution in [3.8, 4) is 5.75 Å². The summed E-state index contributed by atoms with van der Waals surface area (Å²) in [6.45, 7) is 2.83. The number of aromatic hydroxyl groups is 1. The number of benzene rings is 1. The third kappa shape index (κ3) is 1.29. The Balaban J connectivity index is 2.46. The highest BCUT2D eigenvalue weighted by Crippen LogP contribution is 2.34. The van der Waals surface area contributed by atoms with Gasteiger partial charge in [0, 0.05) is 11.6 Å². The summed E-state index contributed by atoms with van der Waals surface area (Å²) >= 11 is 0. The quantitative estimate of drug-likeness (QED) is 0.693. The molecule has 1 aromatic carbocycles. The minimum atomic E-state index is -0.533. The average Bonchev–Trinajstić information content (AvgIpc) is 2.02. The van der Waals surface area contributed by atoms with Gasteiger partial charge in [-0.15, -0.1) is 0 Å². The molecular formula is C10H12FNO. The summed E-state index contributed by atoms with van der Waals surface area (Å²) in [5.41, 5.74) is 1.65. The van der Waals surface area contributed by atoms with E-state index in [0.717, 1.165) is 18.5 Å². The van der Waals surface area contributed by atoms with E-state index in [1.165, 1.54) is 6.07 Å². The van der Waals surface area contributed by atoms with Gasteiger partial charge < -0.3 is 10.4 Å². The van der Waals surface area contributed by atoms with Gasteiger partial charge >= 0.3 is 0 Å². The molecule has 0 radical (unpaired) electrons. The van der Waals surface area contributed by atoms with Crippen LogP contribution in [0.4, 0.5) is 4.39 Å². The van der Waals surface area contributed by atoms with Gasteiger partial charge in [-0.2, -0.15) is 0 Å². The van der Waals surface area contributed by atoms with Crippen molar-refractivity contribution in [3.63, 3.8) is 0 Å². The summed E-state index contributed by atoms with van der Waals surface area (Å²) in [5.74, 6) is -0.730. The second-order valence-corrected chi connectivity index (χ2v) is 3.42. The van der Waals surface area contributed by atoms with Crippen LogP contribution in [-0.2, 0) is 0 Å². The largest absolute Gasteiger partial charge is 0.505 e.